The van der Waals surface area contributed by atoms with Gasteiger partial charge in [0.15, 0.2) is 11.5 Å². The highest BCUT2D eigenvalue weighted by Gasteiger charge is 2.40. The number of carbonyl (C=O) groups is 2. The second-order valence-corrected chi connectivity index (χ2v) is 9.53. The average Bonchev–Trinajstić information content (AvgIpc) is 3.50. The number of amides is 1. The van der Waals surface area contributed by atoms with E-state index in [0.29, 0.717) is 41.1 Å². The van der Waals surface area contributed by atoms with Gasteiger partial charge in [0.25, 0.3) is 5.56 Å². The summed E-state index contributed by atoms with van der Waals surface area (Å²) >= 11 is 0. The minimum Gasteiger partial charge on any atom is -0.493 e. The Balaban J connectivity index is 1.34. The number of hydrogen-bond acceptors (Lipinski definition) is 7. The summed E-state index contributed by atoms with van der Waals surface area (Å²) in [5.74, 6) is 1.65. The molecule has 2 aliphatic rings. The van der Waals surface area contributed by atoms with Gasteiger partial charge in [0.1, 0.15) is 12.3 Å². The minimum atomic E-state index is -0.679. The first-order valence-corrected chi connectivity index (χ1v) is 12.2. The van der Waals surface area contributed by atoms with E-state index in [9.17, 15) is 14.4 Å². The first-order chi connectivity index (χ1) is 17.4. The van der Waals surface area contributed by atoms with Crippen LogP contribution in [-0.4, -0.2) is 35.5 Å². The summed E-state index contributed by atoms with van der Waals surface area (Å²) in [6.45, 7) is -0.202. The maximum atomic E-state index is 13.1. The lowest BCUT2D eigenvalue weighted by Crippen LogP contribution is -2.22. The Bertz CT molecular complexity index is 1370. The van der Waals surface area contributed by atoms with Crippen molar-refractivity contribution in [3.63, 3.8) is 0 Å². The van der Waals surface area contributed by atoms with Crippen molar-refractivity contribution in [1.29, 1.82) is 0 Å². The average molecular weight is 492 g/mol. The first kappa shape index (κ1) is 23.8. The first-order valence-electron chi connectivity index (χ1n) is 12.2. The monoisotopic (exact) mass is 491 g/mol. The van der Waals surface area contributed by atoms with Crippen molar-refractivity contribution >= 4 is 23.2 Å². The van der Waals surface area contributed by atoms with E-state index < -0.39 is 5.97 Å². The number of nitrogens with zero attached hydrogens (tertiary/aromatic N) is 2. The number of esters is 1. The molecule has 188 valence electrons. The molecule has 2 saturated carbocycles. The van der Waals surface area contributed by atoms with Gasteiger partial charge >= 0.3 is 5.97 Å². The lowest BCUT2D eigenvalue weighted by atomic mass is 9.86. The fraction of sp³-hybridized carbons (Fsp3) is 0.407. The van der Waals surface area contributed by atoms with Gasteiger partial charge in [-0.25, -0.2) is 9.78 Å². The predicted molar refractivity (Wildman–Crippen MR) is 132 cm³/mol. The lowest BCUT2D eigenvalue weighted by molar-refractivity contribution is -0.117. The van der Waals surface area contributed by atoms with Gasteiger partial charge in [0, 0.05) is 30.8 Å². The Hall–Kier alpha value is -3.88. The molecule has 2 heterocycles. The molecule has 0 spiro atoms. The maximum Gasteiger partial charge on any atom is 0.340 e. The van der Waals surface area contributed by atoms with Gasteiger partial charge in [-0.1, -0.05) is 12.5 Å². The van der Waals surface area contributed by atoms with Gasteiger partial charge < -0.3 is 19.5 Å². The molecule has 2 fully saturated rings. The molecule has 0 radical (unpaired) electrons. The van der Waals surface area contributed by atoms with E-state index in [1.165, 1.54) is 50.0 Å². The Kier molecular flexibility index (Phi) is 6.63. The summed E-state index contributed by atoms with van der Waals surface area (Å²) in [5.41, 5.74) is 0.924. The third kappa shape index (κ3) is 4.78. The number of ether oxygens (including phenoxy) is 3. The van der Waals surface area contributed by atoms with Gasteiger partial charge in [0.2, 0.25) is 5.91 Å². The quantitative estimate of drug-likeness (QED) is 0.477. The van der Waals surface area contributed by atoms with Gasteiger partial charge in [-0.05, 0) is 49.1 Å². The number of carbonyl (C=O) groups excluding carboxylic acids is 2. The van der Waals surface area contributed by atoms with Crippen LogP contribution >= 0.6 is 0 Å². The summed E-state index contributed by atoms with van der Waals surface area (Å²) in [7, 11) is 2.95. The van der Waals surface area contributed by atoms with E-state index in [2.05, 4.69) is 10.3 Å². The minimum absolute atomic E-state index is 0.131. The molecular formula is C27H29N3O6. The number of benzene rings is 1. The van der Waals surface area contributed by atoms with Crippen LogP contribution in [0.4, 0.5) is 5.69 Å². The number of aromatic nitrogens is 2. The van der Waals surface area contributed by atoms with Crippen molar-refractivity contribution in [3.8, 4) is 11.5 Å². The molecule has 5 rings (SSSR count). The van der Waals surface area contributed by atoms with E-state index in [0.717, 1.165) is 12.3 Å². The molecule has 1 aromatic carbocycles. The van der Waals surface area contributed by atoms with Crippen LogP contribution in [0, 0.1) is 17.8 Å². The molecule has 1 amide bonds. The number of fused-ring (bicyclic) bond motifs is 3. The summed E-state index contributed by atoms with van der Waals surface area (Å²) in [6, 6.07) is 9.58. The van der Waals surface area contributed by atoms with Gasteiger partial charge in [-0.15, -0.1) is 0 Å². The van der Waals surface area contributed by atoms with E-state index in [-0.39, 0.29) is 29.3 Å². The largest absolute Gasteiger partial charge is 0.493 e. The number of nitrogens with one attached hydrogen (secondary N) is 1. The van der Waals surface area contributed by atoms with Crippen LogP contribution in [0.3, 0.4) is 0 Å². The normalized spacial score (nSPS) is 20.3. The third-order valence-corrected chi connectivity index (χ3v) is 7.33. The number of pyridine rings is 1. The van der Waals surface area contributed by atoms with E-state index in [1.807, 2.05) is 0 Å². The highest BCUT2D eigenvalue weighted by atomic mass is 16.5. The molecule has 2 aliphatic carbocycles. The number of methoxy groups -OCH3 is 2. The lowest BCUT2D eigenvalue weighted by Gasteiger charge is -2.21. The topological polar surface area (TPSA) is 108 Å². The smallest absolute Gasteiger partial charge is 0.340 e. The number of hydrogen-bond donors (Lipinski definition) is 1. The fourth-order valence-electron chi connectivity index (χ4n) is 5.61. The van der Waals surface area contributed by atoms with Gasteiger partial charge in [-0.3, -0.25) is 14.0 Å². The van der Waals surface area contributed by atoms with Crippen molar-refractivity contribution in [2.75, 3.05) is 19.5 Å². The molecule has 2 aromatic heterocycles. The Labute approximate surface area is 208 Å². The zero-order chi connectivity index (χ0) is 25.2. The van der Waals surface area contributed by atoms with Crippen LogP contribution in [0.5, 0.6) is 11.5 Å². The molecule has 3 atom stereocenters. The summed E-state index contributed by atoms with van der Waals surface area (Å²) in [5, 5.41) is 2.89. The van der Waals surface area contributed by atoms with Gasteiger partial charge in [0.05, 0.1) is 31.2 Å². The van der Waals surface area contributed by atoms with Crippen LogP contribution in [-0.2, 0) is 16.1 Å². The molecular weight excluding hydrogens is 462 g/mol. The number of anilines is 1. The number of rotatable bonds is 8. The van der Waals surface area contributed by atoms with Crippen molar-refractivity contribution in [1.82, 2.24) is 9.38 Å². The highest BCUT2D eigenvalue weighted by molar-refractivity contribution is 6.02. The molecule has 0 saturated heterocycles. The Morgan fingerprint density at radius 3 is 2.61 bits per heavy atom. The summed E-state index contributed by atoms with van der Waals surface area (Å²) in [6.07, 6.45) is 6.83. The standard InChI is InChI=1S/C27H29N3O6/c1-34-22-13-20(27(33)36-15-19-12-26(32)30-8-4-3-5-24(30)28-19)21(14-23(22)35-2)29-25(31)11-18-10-16-6-7-17(18)9-16/h3-5,8,12-14,16-18H,6-7,9-11,15H2,1-2H3,(H,29,31)/t16-,17-,18+/m0/s1. The van der Waals surface area contributed by atoms with Crippen molar-refractivity contribution < 1.29 is 23.8 Å². The molecule has 2 bridgehead atoms. The second-order valence-electron chi connectivity index (χ2n) is 9.53. The maximum absolute atomic E-state index is 13.1. The van der Waals surface area contributed by atoms with E-state index >= 15 is 0 Å². The molecule has 9 heteroatoms. The van der Waals surface area contributed by atoms with Crippen LogP contribution in [0.15, 0.2) is 47.4 Å². The van der Waals surface area contributed by atoms with Crippen molar-refractivity contribution in [3.05, 3.63) is 64.2 Å². The predicted octanol–water partition coefficient (Wildman–Crippen LogP) is 3.83. The zero-order valence-electron chi connectivity index (χ0n) is 20.4. The van der Waals surface area contributed by atoms with Gasteiger partial charge in [-0.2, -0.15) is 0 Å². The molecule has 36 heavy (non-hydrogen) atoms. The molecule has 1 N–H and O–H groups in total. The molecule has 0 unspecified atom stereocenters. The summed E-state index contributed by atoms with van der Waals surface area (Å²) in [4.78, 5) is 42.8. The SMILES string of the molecule is COc1cc(NC(=O)C[C@H]2C[C@H]3CC[C@H]2C3)c(C(=O)OCc2cc(=O)n3ccccc3n2)cc1OC. The molecule has 3 aromatic rings. The third-order valence-electron chi connectivity index (χ3n) is 7.33. The van der Waals surface area contributed by atoms with Crippen molar-refractivity contribution in [2.24, 2.45) is 17.8 Å². The second kappa shape index (κ2) is 10.0. The molecule has 9 nitrogen and oxygen atoms in total. The fourth-order valence-corrected chi connectivity index (χ4v) is 5.61. The van der Waals surface area contributed by atoms with E-state index in [1.54, 1.807) is 30.5 Å². The molecule has 0 aliphatic heterocycles. The van der Waals surface area contributed by atoms with Crippen LogP contribution in [0.1, 0.15) is 48.2 Å². The van der Waals surface area contributed by atoms with E-state index in [4.69, 9.17) is 14.2 Å². The highest BCUT2D eigenvalue weighted by Crippen LogP contribution is 2.49. The van der Waals surface area contributed by atoms with Crippen LogP contribution in [0.2, 0.25) is 0 Å². The van der Waals surface area contributed by atoms with Crippen LogP contribution in [0.25, 0.3) is 5.65 Å². The van der Waals surface area contributed by atoms with Crippen LogP contribution < -0.4 is 20.3 Å². The zero-order valence-corrected chi connectivity index (χ0v) is 20.4. The van der Waals surface area contributed by atoms with Crippen molar-refractivity contribution in [2.45, 2.75) is 38.7 Å². The summed E-state index contributed by atoms with van der Waals surface area (Å²) < 4.78 is 17.6. The Morgan fingerprint density at radius 2 is 1.89 bits per heavy atom. The Morgan fingerprint density at radius 1 is 1.08 bits per heavy atom.